The van der Waals surface area contributed by atoms with E-state index in [1.54, 1.807) is 14.0 Å². The lowest BCUT2D eigenvalue weighted by Crippen LogP contribution is -2.47. The summed E-state index contributed by atoms with van der Waals surface area (Å²) < 4.78 is 16.9. The molecule has 34 heavy (non-hydrogen) atoms. The zero-order valence-electron chi connectivity index (χ0n) is 22.0. The number of carbonyl (C=O) groups is 1. The van der Waals surface area contributed by atoms with Crippen LogP contribution in [0.1, 0.15) is 77.1 Å². The molecule has 1 saturated heterocycles. The number of ether oxygens (including phenoxy) is 3. The molecule has 2 aromatic rings. The average Bonchev–Trinajstić information content (AvgIpc) is 3.23. The summed E-state index contributed by atoms with van der Waals surface area (Å²) in [6.07, 6.45) is -0.280. The van der Waals surface area contributed by atoms with Gasteiger partial charge in [-0.1, -0.05) is 90.1 Å². The second-order valence-electron chi connectivity index (χ2n) is 11.2. The fraction of sp³-hybridized carbons (Fsp3) is 0.552. The van der Waals surface area contributed by atoms with Crippen molar-refractivity contribution in [1.82, 2.24) is 5.32 Å². The summed E-state index contributed by atoms with van der Waals surface area (Å²) in [5.41, 5.74) is 4.07. The van der Waals surface area contributed by atoms with Crippen LogP contribution in [-0.4, -0.2) is 38.6 Å². The summed E-state index contributed by atoms with van der Waals surface area (Å²) in [7, 11) is 1.76. The van der Waals surface area contributed by atoms with Gasteiger partial charge in [0.15, 0.2) is 0 Å². The van der Waals surface area contributed by atoms with Crippen molar-refractivity contribution in [3.63, 3.8) is 0 Å². The SMILES string of the molecule is CCOC(=O)O[C@H]1CNC(C(OC)(c2ccc(C(C)(C)C)cc2)c2ccc(C(C)(C)C)cc2)C1. The van der Waals surface area contributed by atoms with E-state index in [0.717, 1.165) is 11.1 Å². The monoisotopic (exact) mass is 467 g/mol. The van der Waals surface area contributed by atoms with Gasteiger partial charge in [-0.3, -0.25) is 0 Å². The van der Waals surface area contributed by atoms with E-state index < -0.39 is 11.8 Å². The number of nitrogens with one attached hydrogen (secondary N) is 1. The Morgan fingerprint density at radius 3 is 1.68 bits per heavy atom. The first-order valence-corrected chi connectivity index (χ1v) is 12.3. The molecule has 0 amide bonds. The van der Waals surface area contributed by atoms with Crippen molar-refractivity contribution in [2.45, 2.75) is 83.5 Å². The van der Waals surface area contributed by atoms with Gasteiger partial charge in [0, 0.05) is 26.1 Å². The predicted molar refractivity (Wildman–Crippen MR) is 136 cm³/mol. The molecule has 5 heteroatoms. The summed E-state index contributed by atoms with van der Waals surface area (Å²) in [6, 6.07) is 17.3. The van der Waals surface area contributed by atoms with Crippen LogP contribution in [0.15, 0.2) is 48.5 Å². The smallest absolute Gasteiger partial charge is 0.435 e. The summed E-state index contributed by atoms with van der Waals surface area (Å²) in [5.74, 6) is 0. The summed E-state index contributed by atoms with van der Waals surface area (Å²) in [5, 5.41) is 3.57. The third kappa shape index (κ3) is 5.47. The van der Waals surface area contributed by atoms with Gasteiger partial charge in [-0.2, -0.15) is 0 Å². The van der Waals surface area contributed by atoms with E-state index in [1.165, 1.54) is 11.1 Å². The van der Waals surface area contributed by atoms with Gasteiger partial charge >= 0.3 is 6.16 Å². The highest BCUT2D eigenvalue weighted by molar-refractivity contribution is 5.60. The van der Waals surface area contributed by atoms with Crippen LogP contribution in [0, 0.1) is 0 Å². The van der Waals surface area contributed by atoms with Crippen molar-refractivity contribution in [3.8, 4) is 0 Å². The first-order chi connectivity index (χ1) is 15.9. The van der Waals surface area contributed by atoms with Crippen LogP contribution in [0.2, 0.25) is 0 Å². The van der Waals surface area contributed by atoms with E-state index >= 15 is 0 Å². The van der Waals surface area contributed by atoms with Crippen molar-refractivity contribution in [2.24, 2.45) is 0 Å². The predicted octanol–water partition coefficient (Wildman–Crippen LogP) is 6.08. The fourth-order valence-electron chi connectivity index (χ4n) is 4.77. The number of benzene rings is 2. The molecule has 0 radical (unpaired) electrons. The van der Waals surface area contributed by atoms with Crippen LogP contribution in [0.3, 0.4) is 0 Å². The normalized spacial score (nSPS) is 19.2. The van der Waals surface area contributed by atoms with E-state index in [4.69, 9.17) is 14.2 Å². The zero-order chi connectivity index (χ0) is 25.1. The molecule has 1 fully saturated rings. The molecule has 1 aliphatic heterocycles. The largest absolute Gasteiger partial charge is 0.508 e. The second-order valence-corrected chi connectivity index (χ2v) is 11.2. The number of rotatable bonds is 6. The van der Waals surface area contributed by atoms with Gasteiger partial charge in [0.1, 0.15) is 11.7 Å². The molecule has 186 valence electrons. The Kier molecular flexibility index (Phi) is 7.79. The average molecular weight is 468 g/mol. The minimum absolute atomic E-state index is 0.0623. The minimum atomic E-state index is -0.737. The molecule has 1 N–H and O–H groups in total. The van der Waals surface area contributed by atoms with E-state index in [1.807, 2.05) is 0 Å². The first-order valence-electron chi connectivity index (χ1n) is 12.3. The molecule has 0 spiro atoms. The Balaban J connectivity index is 2.03. The number of carbonyl (C=O) groups excluding carboxylic acids is 1. The van der Waals surface area contributed by atoms with Crippen LogP contribution < -0.4 is 5.32 Å². The van der Waals surface area contributed by atoms with Crippen LogP contribution >= 0.6 is 0 Å². The third-order valence-electron chi connectivity index (χ3n) is 6.79. The summed E-state index contributed by atoms with van der Waals surface area (Å²) in [4.78, 5) is 11.9. The summed E-state index contributed by atoms with van der Waals surface area (Å²) in [6.45, 7) is 15.9. The summed E-state index contributed by atoms with van der Waals surface area (Å²) >= 11 is 0. The highest BCUT2D eigenvalue weighted by atomic mass is 16.7. The van der Waals surface area contributed by atoms with Crippen LogP contribution in [0.5, 0.6) is 0 Å². The topological polar surface area (TPSA) is 56.8 Å². The van der Waals surface area contributed by atoms with Gasteiger partial charge in [0.05, 0.1) is 6.61 Å². The van der Waals surface area contributed by atoms with Crippen LogP contribution in [0.25, 0.3) is 0 Å². The molecule has 1 heterocycles. The molecular formula is C29H41NO4. The number of hydrogen-bond donors (Lipinski definition) is 1. The quantitative estimate of drug-likeness (QED) is 0.522. The maximum Gasteiger partial charge on any atom is 0.508 e. The minimum Gasteiger partial charge on any atom is -0.435 e. The molecule has 0 aliphatic carbocycles. The van der Waals surface area contributed by atoms with Gasteiger partial charge in [-0.25, -0.2) is 4.79 Å². The molecule has 0 aromatic heterocycles. The van der Waals surface area contributed by atoms with Crippen molar-refractivity contribution in [3.05, 3.63) is 70.8 Å². The Morgan fingerprint density at radius 2 is 1.29 bits per heavy atom. The van der Waals surface area contributed by atoms with E-state index in [2.05, 4.69) is 95.4 Å². The molecule has 0 saturated carbocycles. The Morgan fingerprint density at radius 1 is 0.853 bits per heavy atom. The molecule has 1 unspecified atom stereocenters. The van der Waals surface area contributed by atoms with Crippen molar-refractivity contribution in [2.75, 3.05) is 20.3 Å². The fourth-order valence-corrected chi connectivity index (χ4v) is 4.77. The molecule has 5 nitrogen and oxygen atoms in total. The zero-order valence-corrected chi connectivity index (χ0v) is 22.0. The second kappa shape index (κ2) is 10.1. The molecule has 2 aromatic carbocycles. The maximum atomic E-state index is 11.9. The molecule has 3 rings (SSSR count). The van der Waals surface area contributed by atoms with Gasteiger partial charge in [-0.05, 0) is 40.0 Å². The Bertz CT molecular complexity index is 894. The van der Waals surface area contributed by atoms with Gasteiger partial charge in [0.2, 0.25) is 0 Å². The first kappa shape index (κ1) is 26.2. The number of methoxy groups -OCH3 is 1. The molecular weight excluding hydrogens is 426 g/mol. The highest BCUT2D eigenvalue weighted by Crippen LogP contribution is 2.41. The molecule has 0 bridgehead atoms. The standard InChI is InChI=1S/C29H41NO4/c1-9-33-26(31)34-24-18-25(30-19-24)29(32-8,22-14-10-20(11-15-22)27(2,3)4)23-16-12-21(13-17-23)28(5,6)7/h10-17,24-25,30H,9,18-19H2,1-8H3/t24-,25?/m1/s1. The lowest BCUT2D eigenvalue weighted by Gasteiger charge is -2.39. The lowest BCUT2D eigenvalue weighted by atomic mass is 9.76. The van der Waals surface area contributed by atoms with E-state index in [0.29, 0.717) is 19.6 Å². The van der Waals surface area contributed by atoms with Crippen LogP contribution in [0.4, 0.5) is 4.79 Å². The van der Waals surface area contributed by atoms with E-state index in [9.17, 15) is 4.79 Å². The van der Waals surface area contributed by atoms with Gasteiger partial charge in [0.25, 0.3) is 0 Å². The molecule has 1 aliphatic rings. The van der Waals surface area contributed by atoms with Crippen LogP contribution in [-0.2, 0) is 30.6 Å². The Hall–Kier alpha value is -2.37. The van der Waals surface area contributed by atoms with Gasteiger partial charge in [-0.15, -0.1) is 0 Å². The highest BCUT2D eigenvalue weighted by Gasteiger charge is 2.47. The van der Waals surface area contributed by atoms with Crippen molar-refractivity contribution >= 4 is 6.16 Å². The van der Waals surface area contributed by atoms with E-state index in [-0.39, 0.29) is 23.0 Å². The number of hydrogen-bond acceptors (Lipinski definition) is 5. The van der Waals surface area contributed by atoms with Crippen molar-refractivity contribution < 1.29 is 19.0 Å². The third-order valence-corrected chi connectivity index (χ3v) is 6.79. The van der Waals surface area contributed by atoms with Gasteiger partial charge < -0.3 is 19.5 Å². The van der Waals surface area contributed by atoms with Crippen molar-refractivity contribution in [1.29, 1.82) is 0 Å². The molecule has 2 atom stereocenters. The maximum absolute atomic E-state index is 11.9. The lowest BCUT2D eigenvalue weighted by molar-refractivity contribution is -0.0127. The Labute approximate surface area is 205 Å².